The van der Waals surface area contributed by atoms with Crippen molar-refractivity contribution < 1.29 is 13.5 Å². The zero-order valence-electron chi connectivity index (χ0n) is 11.8. The number of aliphatic hydroxyl groups excluding tert-OH is 1. The fraction of sp³-hybridized carbons (Fsp3) is 0.667. The van der Waals surface area contributed by atoms with Gasteiger partial charge in [-0.05, 0) is 33.2 Å². The molecule has 1 unspecified atom stereocenters. The molecule has 19 heavy (non-hydrogen) atoms. The fourth-order valence-corrected chi connectivity index (χ4v) is 5.01. The predicted molar refractivity (Wildman–Crippen MR) is 77.8 cm³/mol. The van der Waals surface area contributed by atoms with Crippen LogP contribution in [0.2, 0.25) is 0 Å². The van der Waals surface area contributed by atoms with Crippen LogP contribution in [0.5, 0.6) is 0 Å². The van der Waals surface area contributed by atoms with Gasteiger partial charge in [-0.2, -0.15) is 4.31 Å². The van der Waals surface area contributed by atoms with Crippen LogP contribution in [-0.2, 0) is 16.6 Å². The van der Waals surface area contributed by atoms with E-state index < -0.39 is 10.0 Å². The molecule has 0 fully saturated rings. The van der Waals surface area contributed by atoms with Gasteiger partial charge < -0.3 is 10.0 Å². The lowest BCUT2D eigenvalue weighted by Crippen LogP contribution is -2.43. The van der Waals surface area contributed by atoms with Gasteiger partial charge in [-0.15, -0.1) is 11.3 Å². The van der Waals surface area contributed by atoms with Crippen molar-refractivity contribution in [2.45, 2.75) is 30.7 Å². The molecule has 0 spiro atoms. The number of hydrogen-bond acceptors (Lipinski definition) is 5. The first-order valence-electron chi connectivity index (χ1n) is 6.19. The lowest BCUT2D eigenvalue weighted by molar-refractivity contribution is 0.272. The molecule has 0 amide bonds. The van der Waals surface area contributed by atoms with Gasteiger partial charge in [0.15, 0.2) is 0 Å². The molecule has 0 bridgehead atoms. The highest BCUT2D eigenvalue weighted by atomic mass is 32.2. The van der Waals surface area contributed by atoms with Crippen LogP contribution in [0.15, 0.2) is 16.3 Å². The summed E-state index contributed by atoms with van der Waals surface area (Å²) in [6.07, 6.45) is 0. The number of hydrogen-bond donors (Lipinski definition) is 1. The number of thiophene rings is 1. The van der Waals surface area contributed by atoms with E-state index in [0.29, 0.717) is 22.2 Å². The number of sulfonamides is 1. The monoisotopic (exact) mass is 306 g/mol. The van der Waals surface area contributed by atoms with Crippen molar-refractivity contribution in [2.75, 3.05) is 27.2 Å². The molecule has 0 radical (unpaired) electrons. The molecular formula is C12H22N2O3S2. The van der Waals surface area contributed by atoms with Crippen LogP contribution in [-0.4, -0.2) is 56.0 Å². The molecule has 0 aromatic carbocycles. The first-order chi connectivity index (χ1) is 8.82. The summed E-state index contributed by atoms with van der Waals surface area (Å²) in [6, 6.07) is 3.13. The lowest BCUT2D eigenvalue weighted by atomic mass is 10.3. The summed E-state index contributed by atoms with van der Waals surface area (Å²) in [5.41, 5.74) is 0. The third kappa shape index (κ3) is 4.00. The molecule has 1 aromatic rings. The molecule has 0 saturated heterocycles. The van der Waals surface area contributed by atoms with E-state index in [1.807, 2.05) is 32.8 Å². The van der Waals surface area contributed by atoms with E-state index in [2.05, 4.69) is 0 Å². The number of rotatable bonds is 7. The molecule has 5 nitrogen and oxygen atoms in total. The zero-order valence-corrected chi connectivity index (χ0v) is 13.5. The molecule has 1 atom stereocenters. The van der Waals surface area contributed by atoms with Gasteiger partial charge in [-0.3, -0.25) is 0 Å². The summed E-state index contributed by atoms with van der Waals surface area (Å²) in [5.74, 6) is 0. The van der Waals surface area contributed by atoms with Crippen molar-refractivity contribution in [3.05, 3.63) is 17.0 Å². The van der Waals surface area contributed by atoms with Gasteiger partial charge in [0.05, 0.1) is 6.61 Å². The van der Waals surface area contributed by atoms with E-state index in [0.717, 1.165) is 11.3 Å². The third-order valence-corrected chi connectivity index (χ3v) is 6.42. The molecule has 0 aliphatic carbocycles. The fourth-order valence-electron chi connectivity index (χ4n) is 2.04. The van der Waals surface area contributed by atoms with E-state index in [9.17, 15) is 8.42 Å². The van der Waals surface area contributed by atoms with Crippen LogP contribution in [0, 0.1) is 0 Å². The van der Waals surface area contributed by atoms with Gasteiger partial charge in [-0.1, -0.05) is 6.92 Å². The van der Waals surface area contributed by atoms with Crippen LogP contribution in [0.25, 0.3) is 0 Å². The minimum atomic E-state index is -3.47. The van der Waals surface area contributed by atoms with E-state index >= 15 is 0 Å². The van der Waals surface area contributed by atoms with E-state index in [1.165, 1.54) is 4.31 Å². The van der Waals surface area contributed by atoms with Crippen molar-refractivity contribution in [3.8, 4) is 0 Å². The minimum absolute atomic E-state index is 0.0929. The minimum Gasteiger partial charge on any atom is -0.391 e. The predicted octanol–water partition coefficient (Wildman–Crippen LogP) is 1.20. The molecule has 0 aliphatic rings. The molecule has 7 heteroatoms. The Labute approximate surface area is 119 Å². The molecule has 1 N–H and O–H groups in total. The Morgan fingerprint density at radius 2 is 2.00 bits per heavy atom. The van der Waals surface area contributed by atoms with E-state index in [1.54, 1.807) is 12.1 Å². The molecular weight excluding hydrogens is 284 g/mol. The summed E-state index contributed by atoms with van der Waals surface area (Å²) < 4.78 is 26.9. The van der Waals surface area contributed by atoms with Gasteiger partial charge >= 0.3 is 0 Å². The second-order valence-corrected chi connectivity index (χ2v) is 7.98. The summed E-state index contributed by atoms with van der Waals surface area (Å²) in [4.78, 5) is 2.63. The number of aliphatic hydroxyl groups is 1. The first-order valence-corrected chi connectivity index (χ1v) is 8.44. The van der Waals surface area contributed by atoms with E-state index in [4.69, 9.17) is 5.11 Å². The largest absolute Gasteiger partial charge is 0.391 e. The molecule has 110 valence electrons. The number of nitrogens with zero attached hydrogens (tertiary/aromatic N) is 2. The third-order valence-electron chi connectivity index (χ3n) is 2.79. The zero-order chi connectivity index (χ0) is 14.6. The lowest BCUT2D eigenvalue weighted by Gasteiger charge is -2.28. The molecule has 0 saturated carbocycles. The van der Waals surface area contributed by atoms with Crippen LogP contribution in [0.4, 0.5) is 0 Å². The summed E-state index contributed by atoms with van der Waals surface area (Å²) in [5, 5.41) is 9.04. The standard InChI is InChI=1S/C12H22N2O3S2/c1-5-14(10(2)8-13(3)4)19(16,17)12-7-6-11(9-15)18-12/h6-7,10,15H,5,8-9H2,1-4H3. The Kier molecular flexibility index (Phi) is 5.94. The van der Waals surface area contributed by atoms with E-state index in [-0.39, 0.29) is 12.6 Å². The first kappa shape index (κ1) is 16.6. The summed E-state index contributed by atoms with van der Waals surface area (Å²) >= 11 is 1.13. The molecule has 1 rings (SSSR count). The molecule has 1 heterocycles. The maximum absolute atomic E-state index is 12.6. The maximum Gasteiger partial charge on any atom is 0.252 e. The maximum atomic E-state index is 12.6. The van der Waals surface area contributed by atoms with Crippen molar-refractivity contribution in [2.24, 2.45) is 0 Å². The van der Waals surface area contributed by atoms with Crippen molar-refractivity contribution in [1.82, 2.24) is 9.21 Å². The van der Waals surface area contributed by atoms with Gasteiger partial charge in [0.25, 0.3) is 10.0 Å². The Morgan fingerprint density at radius 3 is 2.42 bits per heavy atom. The van der Waals surface area contributed by atoms with Crippen LogP contribution < -0.4 is 0 Å². The highest BCUT2D eigenvalue weighted by Gasteiger charge is 2.29. The Bertz CT molecular complexity index is 497. The summed E-state index contributed by atoms with van der Waals surface area (Å²) in [7, 11) is 0.374. The Hall–Kier alpha value is -0.470. The normalized spacial score (nSPS) is 14.3. The van der Waals surface area contributed by atoms with Crippen LogP contribution in [0.1, 0.15) is 18.7 Å². The second kappa shape index (κ2) is 6.81. The van der Waals surface area contributed by atoms with Gasteiger partial charge in [0, 0.05) is 24.0 Å². The topological polar surface area (TPSA) is 60.9 Å². The number of likely N-dealkylation sites (N-methyl/N-ethyl adjacent to an activating group) is 2. The average Bonchev–Trinajstić information content (AvgIpc) is 2.77. The van der Waals surface area contributed by atoms with Crippen LogP contribution in [0.3, 0.4) is 0 Å². The average molecular weight is 306 g/mol. The highest BCUT2D eigenvalue weighted by Crippen LogP contribution is 2.26. The highest BCUT2D eigenvalue weighted by molar-refractivity contribution is 7.91. The molecule has 0 aliphatic heterocycles. The van der Waals surface area contributed by atoms with Crippen molar-refractivity contribution >= 4 is 21.4 Å². The Morgan fingerprint density at radius 1 is 1.37 bits per heavy atom. The van der Waals surface area contributed by atoms with Gasteiger partial charge in [-0.25, -0.2) is 8.42 Å². The summed E-state index contributed by atoms with van der Waals surface area (Å²) in [6.45, 7) is 4.72. The van der Waals surface area contributed by atoms with Gasteiger partial charge in [0.1, 0.15) is 4.21 Å². The SMILES string of the molecule is CCN(C(C)CN(C)C)S(=O)(=O)c1ccc(CO)s1. The van der Waals surface area contributed by atoms with Crippen molar-refractivity contribution in [3.63, 3.8) is 0 Å². The van der Waals surface area contributed by atoms with Crippen molar-refractivity contribution in [1.29, 1.82) is 0 Å². The second-order valence-electron chi connectivity index (χ2n) is 4.70. The quantitative estimate of drug-likeness (QED) is 0.822. The smallest absolute Gasteiger partial charge is 0.252 e. The van der Waals surface area contributed by atoms with Gasteiger partial charge in [0.2, 0.25) is 0 Å². The van der Waals surface area contributed by atoms with Crippen LogP contribution >= 0.6 is 11.3 Å². The molecule has 1 aromatic heterocycles. The Balaban J connectivity index is 3.01.